The fourth-order valence-corrected chi connectivity index (χ4v) is 5.28. The van der Waals surface area contributed by atoms with Crippen molar-refractivity contribution >= 4 is 24.2 Å². The summed E-state index contributed by atoms with van der Waals surface area (Å²) in [7, 11) is -1.91. The molecular weight excluding hydrogens is 486 g/mol. The summed E-state index contributed by atoms with van der Waals surface area (Å²) in [5.41, 5.74) is 3.96. The molecule has 0 heterocycles. The van der Waals surface area contributed by atoms with Crippen LogP contribution in [0.5, 0.6) is 0 Å². The summed E-state index contributed by atoms with van der Waals surface area (Å²) in [6.07, 6.45) is 1.06. The zero-order valence-electron chi connectivity index (χ0n) is 20.7. The monoisotopic (exact) mass is 523 g/mol. The molecule has 33 heavy (non-hydrogen) atoms. The Hall–Kier alpha value is -1.72. The number of benzene rings is 3. The molecule has 0 bridgehead atoms. The molecule has 2 nitrogen and oxygen atoms in total. The van der Waals surface area contributed by atoms with Crippen molar-refractivity contribution in [2.45, 2.75) is 64.5 Å². The SMILES string of the molecule is CC(C)(C)[Si](C)(C)OC(CCN(Cc1ccccc1)Cc1ccccc1)c1ccc(Br)cc1. The molecule has 0 spiro atoms. The van der Waals surface area contributed by atoms with E-state index < -0.39 is 8.32 Å². The molecule has 3 aromatic rings. The molecule has 0 amide bonds. The minimum atomic E-state index is -1.91. The Kier molecular flexibility index (Phi) is 9.11. The van der Waals surface area contributed by atoms with Crippen LogP contribution >= 0.6 is 15.9 Å². The highest BCUT2D eigenvalue weighted by Crippen LogP contribution is 2.40. The number of hydrogen-bond donors (Lipinski definition) is 0. The average Bonchev–Trinajstić information content (AvgIpc) is 2.77. The van der Waals surface area contributed by atoms with Crippen LogP contribution < -0.4 is 0 Å². The van der Waals surface area contributed by atoms with E-state index in [1.165, 1.54) is 16.7 Å². The zero-order chi connectivity index (χ0) is 23.9. The molecule has 4 heteroatoms. The fraction of sp³-hybridized carbons (Fsp3) is 0.379. The van der Waals surface area contributed by atoms with Crippen molar-refractivity contribution in [2.75, 3.05) is 6.54 Å². The van der Waals surface area contributed by atoms with E-state index in [2.05, 4.69) is 140 Å². The van der Waals surface area contributed by atoms with Gasteiger partial charge in [0.25, 0.3) is 0 Å². The Bertz CT molecular complexity index is 927. The maximum atomic E-state index is 6.98. The van der Waals surface area contributed by atoms with Gasteiger partial charge in [0.15, 0.2) is 8.32 Å². The molecule has 1 unspecified atom stereocenters. The van der Waals surface area contributed by atoms with Gasteiger partial charge in [-0.2, -0.15) is 0 Å². The van der Waals surface area contributed by atoms with Gasteiger partial charge in [0.05, 0.1) is 6.10 Å². The molecule has 0 aliphatic rings. The minimum Gasteiger partial charge on any atom is -0.410 e. The van der Waals surface area contributed by atoms with E-state index >= 15 is 0 Å². The highest BCUT2D eigenvalue weighted by Gasteiger charge is 2.39. The first-order valence-corrected chi connectivity index (χ1v) is 15.6. The van der Waals surface area contributed by atoms with E-state index in [9.17, 15) is 0 Å². The van der Waals surface area contributed by atoms with Crippen molar-refractivity contribution in [1.82, 2.24) is 4.90 Å². The Morgan fingerprint density at radius 2 is 1.27 bits per heavy atom. The largest absolute Gasteiger partial charge is 0.410 e. The van der Waals surface area contributed by atoms with Crippen molar-refractivity contribution in [3.05, 3.63) is 106 Å². The molecule has 0 aromatic heterocycles. The molecule has 0 radical (unpaired) electrons. The number of halogens is 1. The lowest BCUT2D eigenvalue weighted by atomic mass is 10.1. The first kappa shape index (κ1) is 25.9. The van der Waals surface area contributed by atoms with Crippen LogP contribution in [0, 0.1) is 0 Å². The summed E-state index contributed by atoms with van der Waals surface area (Å²) in [6, 6.07) is 30.2. The van der Waals surface area contributed by atoms with Crippen molar-refractivity contribution in [3.8, 4) is 0 Å². The summed E-state index contributed by atoms with van der Waals surface area (Å²) in [4.78, 5) is 2.55. The normalized spacial score (nSPS) is 13.3. The molecule has 0 N–H and O–H groups in total. The van der Waals surface area contributed by atoms with Crippen LogP contribution in [0.3, 0.4) is 0 Å². The van der Waals surface area contributed by atoms with Gasteiger partial charge >= 0.3 is 0 Å². The lowest BCUT2D eigenvalue weighted by molar-refractivity contribution is 0.143. The first-order chi connectivity index (χ1) is 15.6. The maximum absolute atomic E-state index is 6.98. The van der Waals surface area contributed by atoms with E-state index in [1.807, 2.05) is 0 Å². The van der Waals surface area contributed by atoms with Crippen LogP contribution in [0.25, 0.3) is 0 Å². The molecule has 176 valence electrons. The van der Waals surface area contributed by atoms with Gasteiger partial charge in [-0.3, -0.25) is 4.90 Å². The van der Waals surface area contributed by atoms with Gasteiger partial charge in [0.2, 0.25) is 0 Å². The van der Waals surface area contributed by atoms with Crippen LogP contribution in [0.2, 0.25) is 18.1 Å². The van der Waals surface area contributed by atoms with Crippen molar-refractivity contribution in [2.24, 2.45) is 0 Å². The predicted molar refractivity (Wildman–Crippen MR) is 147 cm³/mol. The van der Waals surface area contributed by atoms with Gasteiger partial charge < -0.3 is 4.43 Å². The topological polar surface area (TPSA) is 12.5 Å². The standard InChI is InChI=1S/C29H38BrNOSi/c1-29(2,3)33(4,5)32-28(26-16-18-27(30)19-17-26)20-21-31(22-24-12-8-6-9-13-24)23-25-14-10-7-11-15-25/h6-19,28H,20-23H2,1-5H3. The highest BCUT2D eigenvalue weighted by molar-refractivity contribution is 9.10. The lowest BCUT2D eigenvalue weighted by Gasteiger charge is -2.40. The maximum Gasteiger partial charge on any atom is 0.192 e. The van der Waals surface area contributed by atoms with Crippen LogP contribution in [0.1, 0.15) is 50.0 Å². The Morgan fingerprint density at radius 3 is 1.73 bits per heavy atom. The smallest absolute Gasteiger partial charge is 0.192 e. The minimum absolute atomic E-state index is 0.0908. The van der Waals surface area contributed by atoms with Gasteiger partial charge in [0.1, 0.15) is 0 Å². The van der Waals surface area contributed by atoms with Gasteiger partial charge in [-0.15, -0.1) is 0 Å². The van der Waals surface area contributed by atoms with E-state index in [4.69, 9.17) is 4.43 Å². The molecule has 0 aliphatic heterocycles. The number of nitrogens with zero attached hydrogens (tertiary/aromatic N) is 1. The molecule has 3 aromatic carbocycles. The van der Waals surface area contributed by atoms with Crippen LogP contribution in [0.4, 0.5) is 0 Å². The van der Waals surface area contributed by atoms with Crippen LogP contribution in [-0.4, -0.2) is 19.8 Å². The Balaban J connectivity index is 1.80. The van der Waals surface area contributed by atoms with Crippen molar-refractivity contribution < 1.29 is 4.43 Å². The molecular formula is C29H38BrNOSi. The third kappa shape index (κ3) is 7.92. The highest BCUT2D eigenvalue weighted by atomic mass is 79.9. The average molecular weight is 525 g/mol. The first-order valence-electron chi connectivity index (χ1n) is 11.9. The second kappa shape index (κ2) is 11.6. The fourth-order valence-electron chi connectivity index (χ4n) is 3.70. The second-order valence-corrected chi connectivity index (χ2v) is 16.1. The number of rotatable bonds is 10. The van der Waals surface area contributed by atoms with Gasteiger partial charge in [0, 0.05) is 24.1 Å². The summed E-state index contributed by atoms with van der Waals surface area (Å²) in [5, 5.41) is 0.175. The summed E-state index contributed by atoms with van der Waals surface area (Å²) in [5.74, 6) is 0. The predicted octanol–water partition coefficient (Wildman–Crippen LogP) is 8.60. The molecule has 0 saturated carbocycles. The van der Waals surface area contributed by atoms with E-state index in [1.54, 1.807) is 0 Å². The third-order valence-electron chi connectivity index (χ3n) is 6.69. The van der Waals surface area contributed by atoms with E-state index in [0.29, 0.717) is 0 Å². The van der Waals surface area contributed by atoms with E-state index in [0.717, 1.165) is 30.5 Å². The third-order valence-corrected chi connectivity index (χ3v) is 11.7. The quantitative estimate of drug-likeness (QED) is 0.246. The van der Waals surface area contributed by atoms with Gasteiger partial charge in [-0.05, 0) is 53.4 Å². The zero-order valence-corrected chi connectivity index (χ0v) is 23.3. The van der Waals surface area contributed by atoms with Crippen LogP contribution in [-0.2, 0) is 17.5 Å². The number of hydrogen-bond acceptors (Lipinski definition) is 2. The van der Waals surface area contributed by atoms with E-state index in [-0.39, 0.29) is 11.1 Å². The summed E-state index contributed by atoms with van der Waals surface area (Å²) < 4.78 is 8.08. The molecule has 0 saturated heterocycles. The molecule has 1 atom stereocenters. The van der Waals surface area contributed by atoms with Gasteiger partial charge in [-0.1, -0.05) is 109 Å². The Morgan fingerprint density at radius 1 is 0.788 bits per heavy atom. The lowest BCUT2D eigenvalue weighted by Crippen LogP contribution is -2.42. The van der Waals surface area contributed by atoms with Crippen molar-refractivity contribution in [3.63, 3.8) is 0 Å². The molecule has 0 fully saturated rings. The van der Waals surface area contributed by atoms with Crippen LogP contribution in [0.15, 0.2) is 89.4 Å². The molecule has 3 rings (SSSR count). The molecule has 0 aliphatic carbocycles. The van der Waals surface area contributed by atoms with Gasteiger partial charge in [-0.25, -0.2) is 0 Å². The van der Waals surface area contributed by atoms with Crippen molar-refractivity contribution in [1.29, 1.82) is 0 Å². The summed E-state index contributed by atoms with van der Waals surface area (Å²) in [6.45, 7) is 14.5. The summed E-state index contributed by atoms with van der Waals surface area (Å²) >= 11 is 3.58. The second-order valence-electron chi connectivity index (χ2n) is 10.4. The Labute approximate surface area is 210 Å².